The summed E-state index contributed by atoms with van der Waals surface area (Å²) in [6.07, 6.45) is 1.51. The van der Waals surface area contributed by atoms with Crippen LogP contribution in [-0.2, 0) is 6.42 Å². The molecule has 0 heterocycles. The van der Waals surface area contributed by atoms with Crippen LogP contribution >= 0.6 is 11.6 Å². The summed E-state index contributed by atoms with van der Waals surface area (Å²) in [5.74, 6) is 1.09. The molecule has 0 aromatic heterocycles. The molecule has 0 radical (unpaired) electrons. The summed E-state index contributed by atoms with van der Waals surface area (Å²) in [7, 11) is 0. The average molecular weight is 431 g/mol. The Hall–Kier alpha value is -2.59. The van der Waals surface area contributed by atoms with Gasteiger partial charge in [0.05, 0.1) is 12.5 Å². The van der Waals surface area contributed by atoms with E-state index in [1.165, 1.54) is 0 Å². The van der Waals surface area contributed by atoms with Gasteiger partial charge in [0.15, 0.2) is 0 Å². The molecule has 0 saturated heterocycles. The molecule has 0 aliphatic carbocycles. The van der Waals surface area contributed by atoms with Crippen LogP contribution in [0.3, 0.4) is 0 Å². The number of alkyl halides is 3. The van der Waals surface area contributed by atoms with Crippen LogP contribution in [0.25, 0.3) is 0 Å². The van der Waals surface area contributed by atoms with E-state index >= 15 is 0 Å². The van der Waals surface area contributed by atoms with Crippen LogP contribution in [0.4, 0.5) is 8.78 Å². The Balaban J connectivity index is 1.62. The molecule has 1 atom stereocenters. The predicted octanol–water partition coefficient (Wildman–Crippen LogP) is 7.82. The molecule has 3 rings (SSSR count). The highest BCUT2D eigenvalue weighted by Gasteiger charge is 2.37. The van der Waals surface area contributed by atoms with Crippen molar-refractivity contribution in [1.82, 2.24) is 0 Å². The molecule has 0 bridgehead atoms. The first-order chi connectivity index (χ1) is 14.5. The zero-order valence-electron chi connectivity index (χ0n) is 16.9. The van der Waals surface area contributed by atoms with Crippen molar-refractivity contribution in [3.8, 4) is 17.2 Å². The third-order valence-corrected chi connectivity index (χ3v) is 5.09. The number of aryl methyl sites for hydroxylation is 1. The molecule has 3 aromatic carbocycles. The number of rotatable bonds is 10. The van der Waals surface area contributed by atoms with Gasteiger partial charge in [-0.1, -0.05) is 42.5 Å². The first kappa shape index (κ1) is 22.1. The van der Waals surface area contributed by atoms with Crippen molar-refractivity contribution in [1.29, 1.82) is 0 Å². The Bertz CT molecular complexity index is 908. The van der Waals surface area contributed by atoms with Crippen LogP contribution in [0.1, 0.15) is 36.8 Å². The van der Waals surface area contributed by atoms with Crippen molar-refractivity contribution < 1.29 is 18.3 Å². The fourth-order valence-corrected chi connectivity index (χ4v) is 3.62. The molecule has 0 saturated carbocycles. The Morgan fingerprint density at radius 1 is 0.867 bits per heavy atom. The van der Waals surface area contributed by atoms with Crippen molar-refractivity contribution in [3.63, 3.8) is 0 Å². The van der Waals surface area contributed by atoms with E-state index < -0.39 is 11.3 Å². The summed E-state index contributed by atoms with van der Waals surface area (Å²) in [5.41, 5.74) is 1.55. The summed E-state index contributed by atoms with van der Waals surface area (Å²) in [5, 5.41) is -3.31. The van der Waals surface area contributed by atoms with Gasteiger partial charge in [-0.05, 0) is 85.3 Å². The monoisotopic (exact) mass is 430 g/mol. The molecule has 0 aliphatic rings. The lowest BCUT2D eigenvalue weighted by molar-refractivity contribution is 0.0590. The SMILES string of the molecule is CCOc1ccc(C(CCCc2cccc(Oc3ccccc3)c2)C(F)(F)Cl)cc1. The van der Waals surface area contributed by atoms with E-state index in [4.69, 9.17) is 21.1 Å². The maximum Gasteiger partial charge on any atom is 0.328 e. The zero-order valence-corrected chi connectivity index (χ0v) is 17.6. The van der Waals surface area contributed by atoms with E-state index in [1.54, 1.807) is 24.3 Å². The third kappa shape index (κ3) is 6.46. The Morgan fingerprint density at radius 2 is 1.57 bits per heavy atom. The van der Waals surface area contributed by atoms with Crippen LogP contribution in [0, 0.1) is 0 Å². The normalized spacial score (nSPS) is 12.4. The van der Waals surface area contributed by atoms with Gasteiger partial charge in [-0.2, -0.15) is 8.78 Å². The highest BCUT2D eigenvalue weighted by Crippen LogP contribution is 2.41. The van der Waals surface area contributed by atoms with Gasteiger partial charge in [0.25, 0.3) is 0 Å². The molecule has 2 nitrogen and oxygen atoms in total. The van der Waals surface area contributed by atoms with Crippen molar-refractivity contribution >= 4 is 11.6 Å². The van der Waals surface area contributed by atoms with Gasteiger partial charge in [0.2, 0.25) is 0 Å². The van der Waals surface area contributed by atoms with E-state index in [1.807, 2.05) is 61.5 Å². The highest BCUT2D eigenvalue weighted by atomic mass is 35.5. The lowest BCUT2D eigenvalue weighted by Crippen LogP contribution is -2.19. The van der Waals surface area contributed by atoms with Crippen molar-refractivity contribution in [2.24, 2.45) is 0 Å². The summed E-state index contributed by atoms with van der Waals surface area (Å²) >= 11 is 5.45. The van der Waals surface area contributed by atoms with Gasteiger partial charge < -0.3 is 9.47 Å². The van der Waals surface area contributed by atoms with Gasteiger partial charge >= 0.3 is 5.38 Å². The van der Waals surface area contributed by atoms with E-state index in [9.17, 15) is 8.78 Å². The fraction of sp³-hybridized carbons (Fsp3) is 0.280. The standard InChI is InChI=1S/C25H25ClF2O2/c1-2-29-21-16-14-20(15-17-21)24(25(26,27)28)13-7-9-19-8-6-12-23(18-19)30-22-10-4-3-5-11-22/h3-6,8,10-12,14-18,24H,2,7,9,13H2,1H3. The minimum atomic E-state index is -3.31. The summed E-state index contributed by atoms with van der Waals surface area (Å²) in [6.45, 7) is 2.41. The van der Waals surface area contributed by atoms with Crippen LogP contribution < -0.4 is 9.47 Å². The fourth-order valence-electron chi connectivity index (χ4n) is 3.38. The molecule has 0 spiro atoms. The van der Waals surface area contributed by atoms with Gasteiger partial charge in [-0.25, -0.2) is 0 Å². The zero-order chi connectivity index (χ0) is 21.4. The van der Waals surface area contributed by atoms with Crippen LogP contribution in [0.2, 0.25) is 0 Å². The van der Waals surface area contributed by atoms with Crippen molar-refractivity contribution in [2.75, 3.05) is 6.61 Å². The summed E-state index contributed by atoms with van der Waals surface area (Å²) in [4.78, 5) is 0. The lowest BCUT2D eigenvalue weighted by Gasteiger charge is -2.22. The lowest BCUT2D eigenvalue weighted by atomic mass is 9.92. The molecule has 0 amide bonds. The second-order valence-electron chi connectivity index (χ2n) is 7.05. The molecule has 0 fully saturated rings. The number of ether oxygens (including phenoxy) is 2. The highest BCUT2D eigenvalue weighted by molar-refractivity contribution is 6.22. The first-order valence-electron chi connectivity index (χ1n) is 10.1. The second kappa shape index (κ2) is 10.4. The second-order valence-corrected chi connectivity index (χ2v) is 7.55. The molecule has 0 N–H and O–H groups in total. The minimum Gasteiger partial charge on any atom is -0.494 e. The van der Waals surface area contributed by atoms with Gasteiger partial charge in [-0.3, -0.25) is 0 Å². The Labute approximate surface area is 181 Å². The molecule has 3 aromatic rings. The quantitative estimate of drug-likeness (QED) is 0.305. The smallest absolute Gasteiger partial charge is 0.328 e. The summed E-state index contributed by atoms with van der Waals surface area (Å²) < 4.78 is 39.4. The predicted molar refractivity (Wildman–Crippen MR) is 117 cm³/mol. The largest absolute Gasteiger partial charge is 0.494 e. The molecular formula is C25H25ClF2O2. The maximum absolute atomic E-state index is 14.1. The average Bonchev–Trinajstić information content (AvgIpc) is 2.72. The Kier molecular flexibility index (Phi) is 7.69. The molecular weight excluding hydrogens is 406 g/mol. The summed E-state index contributed by atoms with van der Waals surface area (Å²) in [6, 6.07) is 24.0. The third-order valence-electron chi connectivity index (χ3n) is 4.82. The van der Waals surface area contributed by atoms with Gasteiger partial charge in [0, 0.05) is 0 Å². The number of hydrogen-bond donors (Lipinski definition) is 0. The molecule has 5 heteroatoms. The molecule has 1 unspecified atom stereocenters. The number of hydrogen-bond acceptors (Lipinski definition) is 2. The maximum atomic E-state index is 14.1. The minimum absolute atomic E-state index is 0.272. The van der Waals surface area contributed by atoms with Crippen LogP contribution in [-0.4, -0.2) is 12.0 Å². The van der Waals surface area contributed by atoms with Crippen molar-refractivity contribution in [3.05, 3.63) is 90.0 Å². The van der Waals surface area contributed by atoms with E-state index in [2.05, 4.69) is 0 Å². The number of halogens is 3. The van der Waals surface area contributed by atoms with E-state index in [-0.39, 0.29) is 6.42 Å². The molecule has 158 valence electrons. The molecule has 0 aliphatic heterocycles. The topological polar surface area (TPSA) is 18.5 Å². The Morgan fingerprint density at radius 3 is 2.23 bits per heavy atom. The van der Waals surface area contributed by atoms with Gasteiger partial charge in [-0.15, -0.1) is 0 Å². The molecule has 30 heavy (non-hydrogen) atoms. The van der Waals surface area contributed by atoms with Crippen molar-refractivity contribution in [2.45, 2.75) is 37.5 Å². The van der Waals surface area contributed by atoms with E-state index in [0.717, 1.165) is 17.1 Å². The number of para-hydroxylation sites is 1. The van der Waals surface area contributed by atoms with Gasteiger partial charge in [0.1, 0.15) is 17.2 Å². The van der Waals surface area contributed by atoms with Crippen LogP contribution in [0.15, 0.2) is 78.9 Å². The first-order valence-corrected chi connectivity index (χ1v) is 10.4. The number of benzene rings is 3. The van der Waals surface area contributed by atoms with Crippen LogP contribution in [0.5, 0.6) is 17.2 Å². The van der Waals surface area contributed by atoms with E-state index in [0.29, 0.717) is 30.8 Å².